The molecule has 0 aliphatic carbocycles. The highest BCUT2D eigenvalue weighted by molar-refractivity contribution is 6.13. The summed E-state index contributed by atoms with van der Waals surface area (Å²) in [7, 11) is 2.14. The summed E-state index contributed by atoms with van der Waals surface area (Å²) < 4.78 is 1.86. The van der Waals surface area contributed by atoms with Crippen molar-refractivity contribution in [1.82, 2.24) is 19.7 Å². The van der Waals surface area contributed by atoms with Crippen LogP contribution >= 0.6 is 0 Å². The van der Waals surface area contributed by atoms with E-state index in [1.807, 2.05) is 35.9 Å². The number of amides is 1. The summed E-state index contributed by atoms with van der Waals surface area (Å²) in [5.41, 5.74) is 6.34. The van der Waals surface area contributed by atoms with Crippen molar-refractivity contribution >= 4 is 28.3 Å². The third-order valence-corrected chi connectivity index (χ3v) is 6.43. The van der Waals surface area contributed by atoms with Crippen molar-refractivity contribution < 1.29 is 4.79 Å². The van der Waals surface area contributed by atoms with Crippen molar-refractivity contribution in [3.8, 4) is 0 Å². The molecule has 2 aromatic carbocycles. The Labute approximate surface area is 200 Å². The van der Waals surface area contributed by atoms with E-state index < -0.39 is 0 Å². The minimum absolute atomic E-state index is 0.146. The number of hydrogen-bond donors (Lipinski definition) is 1. The van der Waals surface area contributed by atoms with Gasteiger partial charge < -0.3 is 15.1 Å². The predicted molar refractivity (Wildman–Crippen MR) is 137 cm³/mol. The van der Waals surface area contributed by atoms with Crippen LogP contribution in [0, 0.1) is 13.8 Å². The molecule has 1 aliphatic rings. The first-order valence-electron chi connectivity index (χ1n) is 11.7. The molecule has 1 aliphatic heterocycles. The first-order valence-corrected chi connectivity index (χ1v) is 11.7. The van der Waals surface area contributed by atoms with E-state index in [-0.39, 0.29) is 5.91 Å². The Morgan fingerprint density at radius 1 is 1.00 bits per heavy atom. The quantitative estimate of drug-likeness (QED) is 0.492. The normalized spacial score (nSPS) is 14.5. The number of carbonyl (C=O) groups excluding carboxylic acids is 1. The standard InChI is InChI=1S/C27H30N6O/c1-19-8-10-21(11-9-19)18-33-26-23(17-28-33)22(16-20(2)29-26)27(34)30-24-6-4-5-7-25(24)32-14-12-31(3)13-15-32/h4-11,16-17H,12-15,18H2,1-3H3,(H,30,34). The zero-order chi connectivity index (χ0) is 23.7. The number of pyridine rings is 1. The van der Waals surface area contributed by atoms with Gasteiger partial charge in [0.1, 0.15) is 0 Å². The first kappa shape index (κ1) is 22.1. The van der Waals surface area contributed by atoms with Crippen LogP contribution in [-0.4, -0.2) is 58.8 Å². The second kappa shape index (κ2) is 9.27. The number of carbonyl (C=O) groups is 1. The lowest BCUT2D eigenvalue weighted by Crippen LogP contribution is -2.44. The van der Waals surface area contributed by atoms with E-state index in [4.69, 9.17) is 4.98 Å². The van der Waals surface area contributed by atoms with Crippen LogP contribution in [0.2, 0.25) is 0 Å². The van der Waals surface area contributed by atoms with E-state index >= 15 is 0 Å². The lowest BCUT2D eigenvalue weighted by Gasteiger charge is -2.35. The highest BCUT2D eigenvalue weighted by Gasteiger charge is 2.20. The summed E-state index contributed by atoms with van der Waals surface area (Å²) in [6, 6.07) is 18.3. The fourth-order valence-electron chi connectivity index (χ4n) is 4.43. The van der Waals surface area contributed by atoms with E-state index in [0.717, 1.165) is 59.8 Å². The largest absolute Gasteiger partial charge is 0.367 e. The second-order valence-corrected chi connectivity index (χ2v) is 9.10. The molecule has 3 heterocycles. The van der Waals surface area contributed by atoms with Crippen molar-refractivity contribution in [2.24, 2.45) is 0 Å². The Bertz CT molecular complexity index is 1320. The van der Waals surface area contributed by atoms with Crippen molar-refractivity contribution in [3.63, 3.8) is 0 Å². The Hall–Kier alpha value is -3.71. The smallest absolute Gasteiger partial charge is 0.256 e. The first-order chi connectivity index (χ1) is 16.5. The van der Waals surface area contributed by atoms with Gasteiger partial charge in [-0.3, -0.25) is 4.79 Å². The molecular formula is C27H30N6O. The summed E-state index contributed by atoms with van der Waals surface area (Å²) in [6.45, 7) is 8.48. The number of para-hydroxylation sites is 2. The van der Waals surface area contributed by atoms with Crippen LogP contribution in [0.25, 0.3) is 11.0 Å². The van der Waals surface area contributed by atoms with Crippen LogP contribution in [0.15, 0.2) is 60.8 Å². The van der Waals surface area contributed by atoms with Crippen molar-refractivity contribution in [1.29, 1.82) is 0 Å². The van der Waals surface area contributed by atoms with Crippen molar-refractivity contribution in [2.75, 3.05) is 43.4 Å². The molecule has 1 saturated heterocycles. The summed E-state index contributed by atoms with van der Waals surface area (Å²) in [5.74, 6) is -0.146. The molecule has 0 atom stereocenters. The van der Waals surface area contributed by atoms with E-state index in [9.17, 15) is 4.79 Å². The number of fused-ring (bicyclic) bond motifs is 1. The fraction of sp³-hybridized carbons (Fsp3) is 0.296. The number of likely N-dealkylation sites (N-methyl/N-ethyl adjacent to an activating group) is 1. The molecule has 7 heteroatoms. The minimum atomic E-state index is -0.146. The summed E-state index contributed by atoms with van der Waals surface area (Å²) >= 11 is 0. The Morgan fingerprint density at radius 3 is 2.50 bits per heavy atom. The number of rotatable bonds is 5. The number of aromatic nitrogens is 3. The van der Waals surface area contributed by atoms with Gasteiger partial charge in [0.25, 0.3) is 5.91 Å². The van der Waals surface area contributed by atoms with Gasteiger partial charge in [0.15, 0.2) is 5.65 Å². The highest BCUT2D eigenvalue weighted by atomic mass is 16.1. The molecule has 1 fully saturated rings. The average Bonchev–Trinajstić information content (AvgIpc) is 3.23. The highest BCUT2D eigenvalue weighted by Crippen LogP contribution is 2.28. The maximum absolute atomic E-state index is 13.5. The molecule has 34 heavy (non-hydrogen) atoms. The van der Waals surface area contributed by atoms with Crippen molar-refractivity contribution in [3.05, 3.63) is 83.2 Å². The van der Waals surface area contributed by atoms with Gasteiger partial charge in [0.05, 0.1) is 35.1 Å². The average molecular weight is 455 g/mol. The number of anilines is 2. The van der Waals surface area contributed by atoms with Crippen molar-refractivity contribution in [2.45, 2.75) is 20.4 Å². The molecular weight excluding hydrogens is 424 g/mol. The van der Waals surface area contributed by atoms with Gasteiger partial charge in [0.2, 0.25) is 0 Å². The molecule has 5 rings (SSSR count). The fourth-order valence-corrected chi connectivity index (χ4v) is 4.43. The van der Waals surface area contributed by atoms with Crippen LogP contribution in [0.1, 0.15) is 27.2 Å². The van der Waals surface area contributed by atoms with Crippen LogP contribution in [0.5, 0.6) is 0 Å². The molecule has 0 saturated carbocycles. The number of benzene rings is 2. The maximum Gasteiger partial charge on any atom is 0.256 e. The monoisotopic (exact) mass is 454 g/mol. The maximum atomic E-state index is 13.5. The Morgan fingerprint density at radius 2 is 1.74 bits per heavy atom. The summed E-state index contributed by atoms with van der Waals surface area (Å²) in [6.07, 6.45) is 1.75. The molecule has 2 aromatic heterocycles. The molecule has 0 spiro atoms. The predicted octanol–water partition coefficient (Wildman–Crippen LogP) is 4.10. The van der Waals surface area contributed by atoms with Crippen LogP contribution in [0.3, 0.4) is 0 Å². The van der Waals surface area contributed by atoms with Gasteiger partial charge in [-0.05, 0) is 44.7 Å². The number of piperazine rings is 1. The van der Waals surface area contributed by atoms with E-state index in [1.54, 1.807) is 6.20 Å². The van der Waals surface area contributed by atoms with Gasteiger partial charge in [-0.15, -0.1) is 0 Å². The third-order valence-electron chi connectivity index (χ3n) is 6.43. The van der Waals surface area contributed by atoms with Crippen LogP contribution in [-0.2, 0) is 6.54 Å². The van der Waals surface area contributed by atoms with Crippen LogP contribution < -0.4 is 10.2 Å². The van der Waals surface area contributed by atoms with Gasteiger partial charge in [-0.1, -0.05) is 42.0 Å². The van der Waals surface area contributed by atoms with Gasteiger partial charge in [-0.25, -0.2) is 9.67 Å². The molecule has 174 valence electrons. The van der Waals surface area contributed by atoms with Gasteiger partial charge in [0, 0.05) is 31.9 Å². The molecule has 1 N–H and O–H groups in total. The van der Waals surface area contributed by atoms with Gasteiger partial charge in [-0.2, -0.15) is 5.10 Å². The lowest BCUT2D eigenvalue weighted by molar-refractivity contribution is 0.102. The zero-order valence-corrected chi connectivity index (χ0v) is 20.0. The van der Waals surface area contributed by atoms with Gasteiger partial charge >= 0.3 is 0 Å². The number of nitrogens with zero attached hydrogens (tertiary/aromatic N) is 5. The molecule has 7 nitrogen and oxygen atoms in total. The number of hydrogen-bond acceptors (Lipinski definition) is 5. The second-order valence-electron chi connectivity index (χ2n) is 9.10. The zero-order valence-electron chi connectivity index (χ0n) is 20.0. The Balaban J connectivity index is 1.43. The summed E-state index contributed by atoms with van der Waals surface area (Å²) in [5, 5.41) is 8.48. The van der Waals surface area contributed by atoms with Crippen LogP contribution in [0.4, 0.5) is 11.4 Å². The third kappa shape index (κ3) is 4.52. The molecule has 0 radical (unpaired) electrons. The number of aryl methyl sites for hydroxylation is 2. The van der Waals surface area contributed by atoms with E-state index in [1.165, 1.54) is 5.56 Å². The lowest BCUT2D eigenvalue weighted by atomic mass is 10.1. The van der Waals surface area contributed by atoms with E-state index in [2.05, 4.69) is 64.5 Å². The molecule has 0 bridgehead atoms. The topological polar surface area (TPSA) is 66.3 Å². The molecule has 4 aromatic rings. The molecule has 1 amide bonds. The summed E-state index contributed by atoms with van der Waals surface area (Å²) in [4.78, 5) is 22.8. The van der Waals surface area contributed by atoms with E-state index in [0.29, 0.717) is 12.1 Å². The Kier molecular flexibility index (Phi) is 6.02. The minimum Gasteiger partial charge on any atom is -0.367 e. The SMILES string of the molecule is Cc1ccc(Cn2ncc3c(C(=O)Nc4ccccc4N4CCN(C)CC4)cc(C)nc32)cc1. The number of nitrogens with one attached hydrogen (secondary N) is 1. The molecule has 0 unspecified atom stereocenters.